The minimum Gasteiger partial charge on any atom is -0.354 e. The number of nitrogens with zero attached hydrogens (tertiary/aromatic N) is 1. The molecule has 3 heteroatoms. The smallest absolute Gasteiger partial charge is 0.234 e. The summed E-state index contributed by atoms with van der Waals surface area (Å²) in [5.74, 6) is 0.138. The van der Waals surface area contributed by atoms with Crippen LogP contribution in [-0.2, 0) is 4.79 Å². The van der Waals surface area contributed by atoms with Crippen molar-refractivity contribution in [3.63, 3.8) is 0 Å². The van der Waals surface area contributed by atoms with Crippen molar-refractivity contribution >= 4 is 5.91 Å². The Kier molecular flexibility index (Phi) is 1.48. The summed E-state index contributed by atoms with van der Waals surface area (Å²) >= 11 is 0. The van der Waals surface area contributed by atoms with Crippen LogP contribution in [0.5, 0.6) is 0 Å². The molecule has 1 N–H and O–H groups in total. The molecule has 48 valence electrons. The highest BCUT2D eigenvalue weighted by Crippen LogP contribution is 1.85. The third-order valence-corrected chi connectivity index (χ3v) is 1.23. The van der Waals surface area contributed by atoms with Crippen LogP contribution in [0.1, 0.15) is 1.43 Å². The van der Waals surface area contributed by atoms with Crippen LogP contribution in [0, 0.1) is 0 Å². The minimum absolute atomic E-state index is 0. The van der Waals surface area contributed by atoms with Gasteiger partial charge in [0.1, 0.15) is 0 Å². The van der Waals surface area contributed by atoms with Gasteiger partial charge in [0.2, 0.25) is 5.91 Å². The summed E-state index contributed by atoms with van der Waals surface area (Å²) in [6.45, 7) is 2.33. The quantitative estimate of drug-likeness (QED) is 0.453. The maximum Gasteiger partial charge on any atom is 0.234 e. The van der Waals surface area contributed by atoms with Crippen molar-refractivity contribution in [2.45, 2.75) is 0 Å². The number of hydrogen-bond donors (Lipinski definition) is 1. The first-order chi connectivity index (χ1) is 3.79. The Labute approximate surface area is 50.1 Å². The van der Waals surface area contributed by atoms with E-state index in [1.807, 2.05) is 11.9 Å². The molecular weight excluding hydrogens is 104 g/mol. The predicted molar refractivity (Wildman–Crippen MR) is 32.6 cm³/mol. The second-order valence-corrected chi connectivity index (χ2v) is 2.09. The predicted octanol–water partition coefficient (Wildman–Crippen LogP) is -0.706. The molecule has 0 radical (unpaired) electrons. The van der Waals surface area contributed by atoms with Crippen LogP contribution in [-0.4, -0.2) is 37.5 Å². The van der Waals surface area contributed by atoms with E-state index in [1.165, 1.54) is 0 Å². The number of rotatable bonds is 0. The molecule has 1 amide bonds. The number of piperazine rings is 1. The molecule has 3 nitrogen and oxygen atoms in total. The summed E-state index contributed by atoms with van der Waals surface area (Å²) < 4.78 is 0. The third-order valence-electron chi connectivity index (χ3n) is 1.23. The van der Waals surface area contributed by atoms with Crippen molar-refractivity contribution in [3.05, 3.63) is 0 Å². The zero-order chi connectivity index (χ0) is 5.98. The van der Waals surface area contributed by atoms with Gasteiger partial charge >= 0.3 is 0 Å². The van der Waals surface area contributed by atoms with Crippen LogP contribution in [0.3, 0.4) is 0 Å². The molecule has 1 heterocycles. The second-order valence-electron chi connectivity index (χ2n) is 2.09. The molecule has 0 aromatic carbocycles. The average molecular weight is 116 g/mol. The molecule has 0 bridgehead atoms. The fraction of sp³-hybridized carbons (Fsp3) is 0.800. The Morgan fingerprint density at radius 1 is 1.88 bits per heavy atom. The van der Waals surface area contributed by atoms with Crippen molar-refractivity contribution in [1.29, 1.82) is 0 Å². The molecule has 0 aromatic rings. The summed E-state index contributed by atoms with van der Waals surface area (Å²) in [7, 11) is 1.94. The number of carbonyl (C=O) groups excluding carboxylic acids is 1. The highest BCUT2D eigenvalue weighted by atomic mass is 16.2. The van der Waals surface area contributed by atoms with Crippen molar-refractivity contribution in [3.8, 4) is 0 Å². The average Bonchev–Trinajstić information content (AvgIpc) is 1.64. The fourth-order valence-electron chi connectivity index (χ4n) is 0.766. The van der Waals surface area contributed by atoms with Gasteiger partial charge in [-0.1, -0.05) is 0 Å². The van der Waals surface area contributed by atoms with Gasteiger partial charge < -0.3 is 5.32 Å². The summed E-state index contributed by atoms with van der Waals surface area (Å²) in [6.07, 6.45) is 0. The van der Waals surface area contributed by atoms with Gasteiger partial charge in [-0.3, -0.25) is 9.69 Å². The van der Waals surface area contributed by atoms with E-state index in [-0.39, 0.29) is 7.33 Å². The number of nitrogens with one attached hydrogen (secondary N) is 1. The van der Waals surface area contributed by atoms with Gasteiger partial charge in [-0.2, -0.15) is 0 Å². The molecule has 1 aliphatic heterocycles. The molecule has 1 fully saturated rings. The summed E-state index contributed by atoms with van der Waals surface area (Å²) in [5, 5.41) is 2.73. The molecule has 0 saturated carbocycles. The summed E-state index contributed by atoms with van der Waals surface area (Å²) in [5.41, 5.74) is 0. The minimum atomic E-state index is 0. The molecule has 0 unspecified atom stereocenters. The van der Waals surface area contributed by atoms with Crippen LogP contribution in [0.25, 0.3) is 0 Å². The van der Waals surface area contributed by atoms with E-state index in [0.29, 0.717) is 6.54 Å². The Hall–Kier alpha value is -0.570. The van der Waals surface area contributed by atoms with Crippen molar-refractivity contribution in [2.75, 3.05) is 26.7 Å². The van der Waals surface area contributed by atoms with Gasteiger partial charge in [0.25, 0.3) is 0 Å². The van der Waals surface area contributed by atoms with Crippen LogP contribution >= 0.6 is 0 Å². The SMILES string of the molecule is CN1CCNC(=O)C1.[HH]. The van der Waals surface area contributed by atoms with Crippen LogP contribution in [0.2, 0.25) is 0 Å². The lowest BCUT2D eigenvalue weighted by Crippen LogP contribution is -2.45. The Morgan fingerprint density at radius 3 is 3.00 bits per heavy atom. The van der Waals surface area contributed by atoms with Crippen LogP contribution in [0.15, 0.2) is 0 Å². The van der Waals surface area contributed by atoms with E-state index in [0.717, 1.165) is 13.1 Å². The van der Waals surface area contributed by atoms with Gasteiger partial charge in [0.15, 0.2) is 0 Å². The molecule has 1 saturated heterocycles. The topological polar surface area (TPSA) is 32.3 Å². The monoisotopic (exact) mass is 116 g/mol. The molecule has 1 aliphatic rings. The normalized spacial score (nSPS) is 22.9. The lowest BCUT2D eigenvalue weighted by Gasteiger charge is -2.21. The number of hydrogen-bond acceptors (Lipinski definition) is 2. The standard InChI is InChI=1S/C5H10N2O.H2/c1-7-3-2-6-5(8)4-7;/h2-4H2,1H3,(H,6,8);1H. The van der Waals surface area contributed by atoms with Gasteiger partial charge in [0, 0.05) is 14.5 Å². The zero-order valence-electron chi connectivity index (χ0n) is 4.98. The molecule has 0 spiro atoms. The zero-order valence-corrected chi connectivity index (χ0v) is 4.98. The van der Waals surface area contributed by atoms with E-state index in [4.69, 9.17) is 0 Å². The fourth-order valence-corrected chi connectivity index (χ4v) is 0.766. The molecule has 8 heavy (non-hydrogen) atoms. The van der Waals surface area contributed by atoms with Gasteiger partial charge in [-0.25, -0.2) is 0 Å². The molecule has 0 aromatic heterocycles. The maximum atomic E-state index is 10.5. The lowest BCUT2D eigenvalue weighted by molar-refractivity contribution is -0.123. The van der Waals surface area contributed by atoms with Crippen molar-refractivity contribution in [1.82, 2.24) is 10.2 Å². The Balaban J connectivity index is 0.000000640. The van der Waals surface area contributed by atoms with E-state index in [1.54, 1.807) is 0 Å². The number of amides is 1. The summed E-state index contributed by atoms with van der Waals surface area (Å²) in [6, 6.07) is 0. The van der Waals surface area contributed by atoms with E-state index in [2.05, 4.69) is 5.32 Å². The lowest BCUT2D eigenvalue weighted by atomic mass is 10.4. The largest absolute Gasteiger partial charge is 0.354 e. The van der Waals surface area contributed by atoms with Crippen LogP contribution < -0.4 is 5.32 Å². The summed E-state index contributed by atoms with van der Waals surface area (Å²) in [4.78, 5) is 12.5. The first kappa shape index (κ1) is 5.56. The molecule has 1 rings (SSSR count). The first-order valence-corrected chi connectivity index (χ1v) is 2.74. The molecule has 0 atom stereocenters. The van der Waals surface area contributed by atoms with E-state index in [9.17, 15) is 4.79 Å². The van der Waals surface area contributed by atoms with E-state index >= 15 is 0 Å². The molecule has 0 aliphatic carbocycles. The number of likely N-dealkylation sites (N-methyl/N-ethyl adjacent to an activating group) is 1. The number of carbonyl (C=O) groups is 1. The van der Waals surface area contributed by atoms with Crippen molar-refractivity contribution in [2.24, 2.45) is 0 Å². The van der Waals surface area contributed by atoms with Gasteiger partial charge in [0.05, 0.1) is 6.54 Å². The van der Waals surface area contributed by atoms with Gasteiger partial charge in [-0.15, -0.1) is 0 Å². The van der Waals surface area contributed by atoms with Gasteiger partial charge in [-0.05, 0) is 7.05 Å². The van der Waals surface area contributed by atoms with Crippen LogP contribution in [0.4, 0.5) is 0 Å². The van der Waals surface area contributed by atoms with E-state index < -0.39 is 0 Å². The Bertz CT molecular complexity index is 107. The Morgan fingerprint density at radius 2 is 2.62 bits per heavy atom. The highest BCUT2D eigenvalue weighted by molar-refractivity contribution is 5.78. The van der Waals surface area contributed by atoms with Crippen molar-refractivity contribution < 1.29 is 6.22 Å². The molecular formula is C5H12N2O. The highest BCUT2D eigenvalue weighted by Gasteiger charge is 2.10. The second kappa shape index (κ2) is 2.13. The maximum absolute atomic E-state index is 10.5. The first-order valence-electron chi connectivity index (χ1n) is 2.74. The third kappa shape index (κ3) is 1.20.